The van der Waals surface area contributed by atoms with E-state index in [0.29, 0.717) is 37.1 Å². The molecule has 2 aliphatic heterocycles. The normalized spacial score (nSPS) is 18.8. The van der Waals surface area contributed by atoms with Crippen LogP contribution < -0.4 is 10.5 Å². The molecule has 0 atom stereocenters. The first kappa shape index (κ1) is 21.6. The molecule has 6 heteroatoms. The Morgan fingerprint density at radius 2 is 1.90 bits per heavy atom. The highest BCUT2D eigenvalue weighted by Gasteiger charge is 2.31. The van der Waals surface area contributed by atoms with Gasteiger partial charge in [0.2, 0.25) is 5.91 Å². The van der Waals surface area contributed by atoms with Crippen molar-refractivity contribution in [3.63, 3.8) is 0 Å². The number of carbonyl (C=O) groups is 1. The summed E-state index contributed by atoms with van der Waals surface area (Å²) in [6.07, 6.45) is 3.12. The largest absolute Gasteiger partial charge is 0.422 e. The lowest BCUT2D eigenvalue weighted by Crippen LogP contribution is -2.44. The molecule has 0 spiro atoms. The van der Waals surface area contributed by atoms with Gasteiger partial charge in [0, 0.05) is 42.3 Å². The second-order valence-corrected chi connectivity index (χ2v) is 9.37. The van der Waals surface area contributed by atoms with Crippen LogP contribution in [-0.4, -0.2) is 47.2 Å². The lowest BCUT2D eigenvalue weighted by Gasteiger charge is -2.42. The van der Waals surface area contributed by atoms with Crippen molar-refractivity contribution in [1.82, 2.24) is 4.90 Å². The van der Waals surface area contributed by atoms with Crippen LogP contribution in [0.4, 0.5) is 5.69 Å². The van der Waals surface area contributed by atoms with E-state index in [1.165, 1.54) is 5.57 Å². The van der Waals surface area contributed by atoms with Crippen LogP contribution >= 0.6 is 0 Å². The summed E-state index contributed by atoms with van der Waals surface area (Å²) >= 11 is 0. The van der Waals surface area contributed by atoms with Gasteiger partial charge in [0.25, 0.3) is 0 Å². The molecular formula is C25H32N2O4. The van der Waals surface area contributed by atoms with Gasteiger partial charge < -0.3 is 19.3 Å². The van der Waals surface area contributed by atoms with Crippen LogP contribution in [0.15, 0.2) is 27.4 Å². The molecule has 1 amide bonds. The van der Waals surface area contributed by atoms with Crippen LogP contribution in [0.2, 0.25) is 0 Å². The van der Waals surface area contributed by atoms with Gasteiger partial charge in [-0.15, -0.1) is 0 Å². The molecule has 0 aliphatic carbocycles. The fourth-order valence-electron chi connectivity index (χ4n) is 5.12. The molecule has 2 aliphatic rings. The van der Waals surface area contributed by atoms with Gasteiger partial charge in [-0.25, -0.2) is 4.79 Å². The summed E-state index contributed by atoms with van der Waals surface area (Å²) < 4.78 is 5.73. The maximum Gasteiger partial charge on any atom is 0.340 e. The van der Waals surface area contributed by atoms with Crippen LogP contribution in [0.1, 0.15) is 57.2 Å². The number of benzene rings is 1. The summed E-state index contributed by atoms with van der Waals surface area (Å²) in [5.74, 6) is -0.0883. The van der Waals surface area contributed by atoms with Crippen molar-refractivity contribution in [1.29, 1.82) is 0 Å². The van der Waals surface area contributed by atoms with Crippen molar-refractivity contribution in [3.8, 4) is 0 Å². The summed E-state index contributed by atoms with van der Waals surface area (Å²) in [5.41, 5.74) is 4.62. The summed E-state index contributed by atoms with van der Waals surface area (Å²) in [6, 6.07) is 4.07. The third kappa shape index (κ3) is 3.78. The van der Waals surface area contributed by atoms with E-state index in [0.717, 1.165) is 28.7 Å². The van der Waals surface area contributed by atoms with Crippen LogP contribution in [0.25, 0.3) is 16.5 Å². The fraction of sp³-hybridized carbons (Fsp3) is 0.520. The number of aryl methyl sites for hydroxylation is 1. The number of carbonyl (C=O) groups excluding carboxylic acids is 1. The number of amides is 1. The van der Waals surface area contributed by atoms with E-state index in [2.05, 4.69) is 44.7 Å². The third-order valence-electron chi connectivity index (χ3n) is 6.85. The number of likely N-dealkylation sites (tertiary alicyclic amines) is 1. The van der Waals surface area contributed by atoms with Gasteiger partial charge in [0.15, 0.2) is 0 Å². The average Bonchev–Trinajstić information content (AvgIpc) is 2.70. The number of hydrogen-bond acceptors (Lipinski definition) is 5. The van der Waals surface area contributed by atoms with Crippen molar-refractivity contribution >= 4 is 28.1 Å². The van der Waals surface area contributed by atoms with Crippen molar-refractivity contribution < 1.29 is 14.3 Å². The Bertz CT molecular complexity index is 1120. The minimum absolute atomic E-state index is 0.0280. The first-order valence-electron chi connectivity index (χ1n) is 11.2. The predicted molar refractivity (Wildman–Crippen MR) is 123 cm³/mol. The van der Waals surface area contributed by atoms with Crippen molar-refractivity contribution in [2.45, 2.75) is 65.5 Å². The molecule has 0 radical (unpaired) electrons. The van der Waals surface area contributed by atoms with Gasteiger partial charge in [0.1, 0.15) is 5.58 Å². The van der Waals surface area contributed by atoms with Crippen LogP contribution in [-0.2, 0) is 11.2 Å². The molecule has 1 fully saturated rings. The zero-order valence-corrected chi connectivity index (χ0v) is 19.1. The van der Waals surface area contributed by atoms with Crippen molar-refractivity contribution in [3.05, 3.63) is 45.3 Å². The molecule has 1 aromatic heterocycles. The molecule has 0 saturated carbocycles. The zero-order valence-electron chi connectivity index (χ0n) is 19.1. The highest BCUT2D eigenvalue weighted by molar-refractivity contribution is 5.94. The summed E-state index contributed by atoms with van der Waals surface area (Å²) in [7, 11) is 0. The van der Waals surface area contributed by atoms with E-state index in [4.69, 9.17) is 4.42 Å². The maximum atomic E-state index is 12.8. The SMILES string of the molecule is CCN1c2cc3oc(=O)c(CC(=O)N4CCC(O)CC4)c(C)c3cc2C(C)=CC1(C)C. The Morgan fingerprint density at radius 1 is 1.23 bits per heavy atom. The number of fused-ring (bicyclic) bond motifs is 2. The lowest BCUT2D eigenvalue weighted by molar-refractivity contribution is -0.132. The van der Waals surface area contributed by atoms with Crippen LogP contribution in [0, 0.1) is 6.92 Å². The number of likely N-dealkylation sites (N-methyl/N-ethyl adjacent to an activating group) is 1. The number of aliphatic hydroxyl groups excluding tert-OH is 1. The first-order valence-corrected chi connectivity index (χ1v) is 11.2. The fourth-order valence-corrected chi connectivity index (χ4v) is 5.12. The average molecular weight is 425 g/mol. The second kappa shape index (κ2) is 7.83. The molecule has 6 nitrogen and oxygen atoms in total. The smallest absolute Gasteiger partial charge is 0.340 e. The van der Waals surface area contributed by atoms with Crippen molar-refractivity contribution in [2.75, 3.05) is 24.5 Å². The Kier molecular flexibility index (Phi) is 5.46. The molecule has 1 N–H and O–H groups in total. The molecule has 2 aromatic rings. The number of aliphatic hydroxyl groups is 1. The Morgan fingerprint density at radius 3 is 2.55 bits per heavy atom. The molecule has 3 heterocycles. The van der Waals surface area contributed by atoms with E-state index in [1.807, 2.05) is 13.0 Å². The summed E-state index contributed by atoms with van der Waals surface area (Å²) in [6.45, 7) is 12.4. The highest BCUT2D eigenvalue weighted by atomic mass is 16.4. The van der Waals surface area contributed by atoms with Gasteiger partial charge in [-0.1, -0.05) is 6.08 Å². The van der Waals surface area contributed by atoms with Gasteiger partial charge in [0.05, 0.1) is 23.6 Å². The monoisotopic (exact) mass is 424 g/mol. The van der Waals surface area contributed by atoms with Crippen LogP contribution in [0.5, 0.6) is 0 Å². The highest BCUT2D eigenvalue weighted by Crippen LogP contribution is 2.41. The van der Waals surface area contributed by atoms with Gasteiger partial charge in [-0.2, -0.15) is 0 Å². The number of piperidine rings is 1. The number of hydrogen-bond donors (Lipinski definition) is 1. The van der Waals surface area contributed by atoms with E-state index in [1.54, 1.807) is 4.90 Å². The van der Waals surface area contributed by atoms with Crippen molar-refractivity contribution in [2.24, 2.45) is 0 Å². The number of allylic oxidation sites excluding steroid dienone is 1. The molecule has 4 rings (SSSR count). The maximum absolute atomic E-state index is 12.8. The number of rotatable bonds is 3. The topological polar surface area (TPSA) is 74.0 Å². The van der Waals surface area contributed by atoms with E-state index < -0.39 is 5.63 Å². The van der Waals surface area contributed by atoms with E-state index in [9.17, 15) is 14.7 Å². The Hall–Kier alpha value is -2.60. The first-order chi connectivity index (χ1) is 14.6. The molecular weight excluding hydrogens is 392 g/mol. The molecule has 0 bridgehead atoms. The van der Waals surface area contributed by atoms with Crippen LogP contribution in [0.3, 0.4) is 0 Å². The minimum Gasteiger partial charge on any atom is -0.422 e. The standard InChI is InChI=1S/C25H32N2O4/c1-6-27-21-13-22-19(11-18(21)15(2)14-25(27,4)5)16(3)20(24(30)31-22)12-23(29)26-9-7-17(28)8-10-26/h11,13-14,17,28H,6-10,12H2,1-5H3. The second-order valence-electron chi connectivity index (χ2n) is 9.37. The van der Waals surface area contributed by atoms with E-state index >= 15 is 0 Å². The number of nitrogens with zero attached hydrogens (tertiary/aromatic N) is 2. The van der Waals surface area contributed by atoms with Gasteiger partial charge in [-0.3, -0.25) is 4.79 Å². The Labute approximate surface area is 183 Å². The quantitative estimate of drug-likeness (QED) is 0.762. The molecule has 0 unspecified atom stereocenters. The van der Waals surface area contributed by atoms with Gasteiger partial charge >= 0.3 is 5.63 Å². The van der Waals surface area contributed by atoms with E-state index in [-0.39, 0.29) is 24.0 Å². The minimum atomic E-state index is -0.444. The predicted octanol–water partition coefficient (Wildman–Crippen LogP) is 3.65. The third-order valence-corrected chi connectivity index (χ3v) is 6.85. The summed E-state index contributed by atoms with van der Waals surface area (Å²) in [4.78, 5) is 29.7. The molecule has 1 aromatic carbocycles. The molecule has 1 saturated heterocycles. The summed E-state index contributed by atoms with van der Waals surface area (Å²) in [5, 5.41) is 10.6. The lowest BCUT2D eigenvalue weighted by atomic mass is 9.87. The zero-order chi connectivity index (χ0) is 22.5. The van der Waals surface area contributed by atoms with Gasteiger partial charge in [-0.05, 0) is 64.7 Å². The Balaban J connectivity index is 1.76. The molecule has 166 valence electrons. The number of anilines is 1. The molecule has 31 heavy (non-hydrogen) atoms.